The van der Waals surface area contributed by atoms with E-state index in [2.05, 4.69) is 4.98 Å². The highest BCUT2D eigenvalue weighted by Crippen LogP contribution is 2.36. The van der Waals surface area contributed by atoms with Crippen LogP contribution in [0.15, 0.2) is 59.6 Å². The van der Waals surface area contributed by atoms with E-state index in [4.69, 9.17) is 4.74 Å². The fourth-order valence-electron chi connectivity index (χ4n) is 3.69. The molecule has 1 aliphatic rings. The molecular formula is C24H26N2O4. The van der Waals surface area contributed by atoms with Crippen molar-refractivity contribution in [1.82, 2.24) is 4.98 Å². The van der Waals surface area contributed by atoms with E-state index in [0.29, 0.717) is 17.8 Å². The van der Waals surface area contributed by atoms with Crippen LogP contribution in [0.3, 0.4) is 0 Å². The van der Waals surface area contributed by atoms with E-state index in [0.717, 1.165) is 53.0 Å². The molecule has 0 amide bonds. The van der Waals surface area contributed by atoms with Gasteiger partial charge in [-0.1, -0.05) is 6.07 Å². The number of aryl methyl sites for hydroxylation is 1. The Morgan fingerprint density at radius 3 is 2.63 bits per heavy atom. The van der Waals surface area contributed by atoms with Gasteiger partial charge < -0.3 is 14.7 Å². The highest BCUT2D eigenvalue weighted by atomic mass is 16.5. The van der Waals surface area contributed by atoms with E-state index < -0.39 is 5.97 Å². The number of nitrogens with zero attached hydrogens (tertiary/aromatic N) is 2. The Morgan fingerprint density at radius 1 is 1.23 bits per heavy atom. The van der Waals surface area contributed by atoms with Crippen LogP contribution in [0.5, 0.6) is 5.75 Å². The summed E-state index contributed by atoms with van der Waals surface area (Å²) in [5.74, 6) is -0.121. The summed E-state index contributed by atoms with van der Waals surface area (Å²) in [7, 11) is 1.92. The summed E-state index contributed by atoms with van der Waals surface area (Å²) in [5.41, 5.74) is 5.38. The van der Waals surface area contributed by atoms with Crippen LogP contribution in [-0.2, 0) is 16.0 Å². The number of carbonyl (C=O) groups is 2. The molecule has 0 atom stereocenters. The van der Waals surface area contributed by atoms with Crippen LogP contribution in [0, 0.1) is 0 Å². The van der Waals surface area contributed by atoms with Gasteiger partial charge in [-0.15, -0.1) is 0 Å². The van der Waals surface area contributed by atoms with Gasteiger partial charge in [0.15, 0.2) is 0 Å². The lowest BCUT2D eigenvalue weighted by Crippen LogP contribution is -2.18. The number of benzene rings is 1. The molecule has 30 heavy (non-hydrogen) atoms. The quantitative estimate of drug-likeness (QED) is 0.420. The highest BCUT2D eigenvalue weighted by molar-refractivity contribution is 5.93. The smallest absolute Gasteiger partial charge is 0.307 e. The molecule has 0 radical (unpaired) electrons. The van der Waals surface area contributed by atoms with Crippen molar-refractivity contribution in [1.29, 1.82) is 0 Å². The zero-order valence-electron chi connectivity index (χ0n) is 17.5. The second-order valence-electron chi connectivity index (χ2n) is 7.35. The second kappa shape index (κ2) is 9.39. The van der Waals surface area contributed by atoms with Gasteiger partial charge in [0.25, 0.3) is 0 Å². The molecule has 1 aromatic carbocycles. The summed E-state index contributed by atoms with van der Waals surface area (Å²) < 4.78 is 5.73. The van der Waals surface area contributed by atoms with Crippen molar-refractivity contribution in [2.45, 2.75) is 33.1 Å². The third kappa shape index (κ3) is 4.59. The minimum Gasteiger partial charge on any atom is -0.493 e. The summed E-state index contributed by atoms with van der Waals surface area (Å²) in [6, 6.07) is 9.68. The zero-order valence-corrected chi connectivity index (χ0v) is 17.5. The number of aliphatic carboxylic acids is 1. The van der Waals surface area contributed by atoms with Gasteiger partial charge in [-0.3, -0.25) is 14.6 Å². The number of hydrogen-bond donors (Lipinski definition) is 1. The Hall–Kier alpha value is -3.41. The average Bonchev–Trinajstić information content (AvgIpc) is 2.77. The molecule has 0 bridgehead atoms. The molecule has 6 heteroatoms. The average molecular weight is 406 g/mol. The van der Waals surface area contributed by atoms with Crippen LogP contribution in [0.1, 0.15) is 37.8 Å². The van der Waals surface area contributed by atoms with Gasteiger partial charge in [0.05, 0.1) is 13.0 Å². The first-order chi connectivity index (χ1) is 14.4. The minimum absolute atomic E-state index is 0.241. The number of aromatic nitrogens is 1. The number of carboxylic acids is 1. The fraction of sp³-hybridized carbons (Fsp3) is 0.292. The summed E-state index contributed by atoms with van der Waals surface area (Å²) in [5, 5.41) is 9.54. The van der Waals surface area contributed by atoms with E-state index in [9.17, 15) is 14.7 Å². The van der Waals surface area contributed by atoms with Gasteiger partial charge in [-0.25, -0.2) is 0 Å². The largest absolute Gasteiger partial charge is 0.493 e. The van der Waals surface area contributed by atoms with Gasteiger partial charge in [0.2, 0.25) is 0 Å². The Labute approximate surface area is 176 Å². The molecule has 0 aliphatic carbocycles. The molecule has 1 aliphatic heterocycles. The predicted molar refractivity (Wildman–Crippen MR) is 117 cm³/mol. The standard InChI is InChI=1S/C24H26N2O4/c1-16(15-27)21(14-23(28)29)24(17(2)26(3)20-8-10-25-11-9-20)19-6-7-22-18(13-19)5-4-12-30-22/h6-11,13,15H,4-5,12,14H2,1-3H3,(H,28,29)/b21-16-,24-17?. The van der Waals surface area contributed by atoms with Crippen molar-refractivity contribution in [2.24, 2.45) is 0 Å². The van der Waals surface area contributed by atoms with Crippen molar-refractivity contribution < 1.29 is 19.4 Å². The van der Waals surface area contributed by atoms with Crippen LogP contribution in [-0.4, -0.2) is 36.0 Å². The third-order valence-electron chi connectivity index (χ3n) is 5.39. The normalized spacial score (nSPS) is 14.6. The van der Waals surface area contributed by atoms with E-state index in [-0.39, 0.29) is 6.42 Å². The molecule has 1 N–H and O–H groups in total. The first kappa shape index (κ1) is 21.3. The van der Waals surface area contributed by atoms with E-state index >= 15 is 0 Å². The second-order valence-corrected chi connectivity index (χ2v) is 7.35. The number of rotatable bonds is 7. The van der Waals surface area contributed by atoms with Crippen molar-refractivity contribution in [3.8, 4) is 5.75 Å². The predicted octanol–water partition coefficient (Wildman–Crippen LogP) is 4.26. The summed E-state index contributed by atoms with van der Waals surface area (Å²) in [4.78, 5) is 29.3. The lowest BCUT2D eigenvalue weighted by Gasteiger charge is -2.26. The van der Waals surface area contributed by atoms with Crippen LogP contribution >= 0.6 is 0 Å². The van der Waals surface area contributed by atoms with Crippen molar-refractivity contribution in [3.63, 3.8) is 0 Å². The molecular weight excluding hydrogens is 380 g/mol. The van der Waals surface area contributed by atoms with Crippen LogP contribution < -0.4 is 9.64 Å². The van der Waals surface area contributed by atoms with E-state index in [1.165, 1.54) is 0 Å². The SMILES string of the molecule is CC(=C(/C(CC(=O)O)=C(/C)C=O)c1ccc2c(c1)CCCO2)N(C)c1ccncc1. The van der Waals surface area contributed by atoms with Gasteiger partial charge in [-0.05, 0) is 73.2 Å². The van der Waals surface area contributed by atoms with Crippen LogP contribution in [0.2, 0.25) is 0 Å². The number of carbonyl (C=O) groups excluding carboxylic acids is 1. The maximum absolute atomic E-state index is 11.6. The Kier molecular flexibility index (Phi) is 6.67. The number of allylic oxidation sites excluding steroid dienone is 3. The highest BCUT2D eigenvalue weighted by Gasteiger charge is 2.21. The number of hydrogen-bond acceptors (Lipinski definition) is 5. The van der Waals surface area contributed by atoms with Gasteiger partial charge in [-0.2, -0.15) is 0 Å². The fourth-order valence-corrected chi connectivity index (χ4v) is 3.69. The molecule has 2 heterocycles. The van der Waals surface area contributed by atoms with Crippen LogP contribution in [0.25, 0.3) is 5.57 Å². The number of pyridine rings is 1. The molecule has 0 unspecified atom stereocenters. The lowest BCUT2D eigenvalue weighted by molar-refractivity contribution is -0.136. The molecule has 0 spiro atoms. The molecule has 6 nitrogen and oxygen atoms in total. The van der Waals surface area contributed by atoms with E-state index in [1.807, 2.05) is 49.2 Å². The monoisotopic (exact) mass is 406 g/mol. The number of carboxylic acid groups (broad SMARTS) is 1. The molecule has 0 saturated heterocycles. The number of aldehydes is 1. The van der Waals surface area contributed by atoms with E-state index in [1.54, 1.807) is 19.3 Å². The molecule has 3 rings (SSSR count). The molecule has 0 fully saturated rings. The lowest BCUT2D eigenvalue weighted by atomic mass is 9.88. The summed E-state index contributed by atoms with van der Waals surface area (Å²) >= 11 is 0. The maximum Gasteiger partial charge on any atom is 0.307 e. The summed E-state index contributed by atoms with van der Waals surface area (Å²) in [6.45, 7) is 4.30. The minimum atomic E-state index is -0.982. The molecule has 1 aromatic heterocycles. The Bertz CT molecular complexity index is 1010. The zero-order chi connectivity index (χ0) is 21.7. The summed E-state index contributed by atoms with van der Waals surface area (Å²) in [6.07, 6.45) is 5.74. The number of ether oxygens (including phenoxy) is 1. The molecule has 156 valence electrons. The number of anilines is 1. The molecule has 0 saturated carbocycles. The Morgan fingerprint density at radius 2 is 1.97 bits per heavy atom. The topological polar surface area (TPSA) is 79.7 Å². The first-order valence-corrected chi connectivity index (χ1v) is 9.90. The number of fused-ring (bicyclic) bond motifs is 1. The van der Waals surface area contributed by atoms with Crippen molar-refractivity contribution in [3.05, 3.63) is 70.7 Å². The van der Waals surface area contributed by atoms with Gasteiger partial charge in [0.1, 0.15) is 12.0 Å². The van der Waals surface area contributed by atoms with Crippen molar-refractivity contribution in [2.75, 3.05) is 18.6 Å². The van der Waals surface area contributed by atoms with Gasteiger partial charge in [0, 0.05) is 36.4 Å². The third-order valence-corrected chi connectivity index (χ3v) is 5.39. The van der Waals surface area contributed by atoms with Crippen LogP contribution in [0.4, 0.5) is 5.69 Å². The Balaban J connectivity index is 2.23. The van der Waals surface area contributed by atoms with Crippen molar-refractivity contribution >= 4 is 23.5 Å². The van der Waals surface area contributed by atoms with Gasteiger partial charge >= 0.3 is 5.97 Å². The first-order valence-electron chi connectivity index (χ1n) is 9.90. The maximum atomic E-state index is 11.6. The molecule has 2 aromatic rings.